The van der Waals surface area contributed by atoms with Crippen LogP contribution in [0.25, 0.3) is 11.4 Å². The molecule has 4 rings (SSSR count). The van der Waals surface area contributed by atoms with Gasteiger partial charge in [-0.05, 0) is 42.5 Å². The second-order valence-electron chi connectivity index (χ2n) is 6.53. The molecule has 2 heterocycles. The maximum Gasteiger partial charge on any atom is 0.338 e. The molecule has 0 fully saturated rings. The number of amides is 1. The summed E-state index contributed by atoms with van der Waals surface area (Å²) in [6.07, 6.45) is 5.09. The van der Waals surface area contributed by atoms with E-state index in [1.807, 2.05) is 59.4 Å². The number of hydrogen-bond acceptors (Lipinski definition) is 5. The number of benzene rings is 2. The Morgan fingerprint density at radius 3 is 2.48 bits per heavy atom. The predicted molar refractivity (Wildman–Crippen MR) is 113 cm³/mol. The van der Waals surface area contributed by atoms with Gasteiger partial charge in [0.2, 0.25) is 0 Å². The number of nitrogens with zero attached hydrogens (tertiary/aromatic N) is 4. The minimum atomic E-state index is -0.624. The summed E-state index contributed by atoms with van der Waals surface area (Å²) in [6.45, 7) is -0.503. The van der Waals surface area contributed by atoms with Gasteiger partial charge in [-0.1, -0.05) is 24.3 Å². The quantitative estimate of drug-likeness (QED) is 0.491. The fraction of sp³-hybridized carbons (Fsp3) is 0.0435. The normalized spacial score (nSPS) is 10.3. The number of ether oxygens (including phenoxy) is 1. The number of carbonyl (C=O) groups excluding carboxylic acids is 2. The van der Waals surface area contributed by atoms with Gasteiger partial charge in [0.1, 0.15) is 11.6 Å². The molecule has 2 aromatic carbocycles. The minimum absolute atomic E-state index is 0.197. The largest absolute Gasteiger partial charge is 0.452 e. The van der Waals surface area contributed by atoms with Crippen LogP contribution in [0, 0.1) is 11.3 Å². The maximum absolute atomic E-state index is 12.4. The summed E-state index contributed by atoms with van der Waals surface area (Å²) in [5.41, 5.74) is 2.00. The van der Waals surface area contributed by atoms with Crippen LogP contribution in [0.15, 0.2) is 85.3 Å². The van der Waals surface area contributed by atoms with E-state index in [0.29, 0.717) is 11.3 Å². The molecule has 1 N–H and O–H groups in total. The summed E-state index contributed by atoms with van der Waals surface area (Å²) in [5.74, 6) is -0.991. The molecule has 0 aliphatic rings. The molecule has 4 aromatic rings. The lowest BCUT2D eigenvalue weighted by molar-refractivity contribution is -0.119. The van der Waals surface area contributed by atoms with Crippen LogP contribution in [0.5, 0.6) is 0 Å². The molecule has 0 unspecified atom stereocenters. The van der Waals surface area contributed by atoms with Crippen LogP contribution >= 0.6 is 0 Å². The molecule has 0 radical (unpaired) electrons. The Kier molecular flexibility index (Phi) is 5.58. The summed E-state index contributed by atoms with van der Waals surface area (Å²) < 4.78 is 8.46. The minimum Gasteiger partial charge on any atom is -0.452 e. The maximum atomic E-state index is 12.4. The van der Waals surface area contributed by atoms with Crippen LogP contribution in [0.4, 0.5) is 5.82 Å². The number of nitrogens with one attached hydrogen (secondary N) is 1. The number of nitriles is 1. The van der Waals surface area contributed by atoms with Crippen molar-refractivity contribution >= 4 is 17.7 Å². The molecule has 0 spiro atoms. The SMILES string of the molecule is N#Cc1cnn(-c2ccccc2)c1NC(=O)COC(=O)c1cccc(-n2cccc2)c1. The lowest BCUT2D eigenvalue weighted by atomic mass is 10.2. The molecular formula is C23H17N5O3. The number of hydrogen-bond donors (Lipinski definition) is 1. The van der Waals surface area contributed by atoms with Gasteiger partial charge in [0.25, 0.3) is 5.91 Å². The molecule has 0 atom stereocenters. The standard InChI is InChI=1S/C23H17N5O3/c24-14-18-15-25-28(19-8-2-1-3-9-19)22(18)26-21(29)16-31-23(30)17-7-6-10-20(13-17)27-11-4-5-12-27/h1-13,15H,16H2,(H,26,29). The van der Waals surface area contributed by atoms with Gasteiger partial charge in [-0.2, -0.15) is 10.4 Å². The molecule has 0 saturated carbocycles. The van der Waals surface area contributed by atoms with E-state index < -0.39 is 18.5 Å². The van der Waals surface area contributed by atoms with Crippen molar-refractivity contribution in [2.45, 2.75) is 0 Å². The van der Waals surface area contributed by atoms with Crippen molar-refractivity contribution in [2.75, 3.05) is 11.9 Å². The van der Waals surface area contributed by atoms with Crippen LogP contribution in [-0.4, -0.2) is 32.8 Å². The van der Waals surface area contributed by atoms with Crippen molar-refractivity contribution in [3.63, 3.8) is 0 Å². The molecule has 8 heteroatoms. The first-order valence-corrected chi connectivity index (χ1v) is 9.39. The first kappa shape index (κ1) is 19.7. The Morgan fingerprint density at radius 1 is 1.00 bits per heavy atom. The zero-order valence-electron chi connectivity index (χ0n) is 16.3. The van der Waals surface area contributed by atoms with Crippen LogP contribution < -0.4 is 5.32 Å². The number of aromatic nitrogens is 3. The predicted octanol–water partition coefficient (Wildman–Crippen LogP) is 3.33. The molecule has 1 amide bonds. The van der Waals surface area contributed by atoms with Gasteiger partial charge in [0.15, 0.2) is 12.4 Å². The Hall–Kier alpha value is -4.64. The zero-order chi connectivity index (χ0) is 21.6. The van der Waals surface area contributed by atoms with E-state index in [1.54, 1.807) is 30.3 Å². The second kappa shape index (κ2) is 8.80. The Bertz CT molecular complexity index is 1250. The van der Waals surface area contributed by atoms with Crippen molar-refractivity contribution in [3.8, 4) is 17.4 Å². The van der Waals surface area contributed by atoms with Gasteiger partial charge >= 0.3 is 5.97 Å². The monoisotopic (exact) mass is 411 g/mol. The number of anilines is 1. The van der Waals surface area contributed by atoms with Gasteiger partial charge in [-0.3, -0.25) is 4.79 Å². The van der Waals surface area contributed by atoms with Gasteiger partial charge in [-0.15, -0.1) is 0 Å². The van der Waals surface area contributed by atoms with E-state index in [0.717, 1.165) is 5.69 Å². The molecular weight excluding hydrogens is 394 g/mol. The lowest BCUT2D eigenvalue weighted by Crippen LogP contribution is -2.23. The number of para-hydroxylation sites is 1. The fourth-order valence-electron chi connectivity index (χ4n) is 3.00. The van der Waals surface area contributed by atoms with E-state index in [1.165, 1.54) is 10.9 Å². The Balaban J connectivity index is 1.44. The molecule has 152 valence electrons. The van der Waals surface area contributed by atoms with E-state index in [9.17, 15) is 14.9 Å². The average molecular weight is 411 g/mol. The van der Waals surface area contributed by atoms with Crippen molar-refractivity contribution in [3.05, 3.63) is 96.4 Å². The third kappa shape index (κ3) is 4.36. The molecule has 0 saturated heterocycles. The van der Waals surface area contributed by atoms with Gasteiger partial charge in [-0.25, -0.2) is 9.48 Å². The van der Waals surface area contributed by atoms with Gasteiger partial charge in [0, 0.05) is 18.1 Å². The van der Waals surface area contributed by atoms with E-state index in [4.69, 9.17) is 4.74 Å². The first-order valence-electron chi connectivity index (χ1n) is 9.39. The topological polar surface area (TPSA) is 102 Å². The molecule has 31 heavy (non-hydrogen) atoms. The van der Waals surface area contributed by atoms with Crippen LogP contribution in [0.2, 0.25) is 0 Å². The van der Waals surface area contributed by atoms with Gasteiger partial charge < -0.3 is 14.6 Å². The second-order valence-corrected chi connectivity index (χ2v) is 6.53. The smallest absolute Gasteiger partial charge is 0.338 e. The highest BCUT2D eigenvalue weighted by molar-refractivity contribution is 5.96. The third-order valence-electron chi connectivity index (χ3n) is 4.47. The van der Waals surface area contributed by atoms with Crippen molar-refractivity contribution in [2.24, 2.45) is 0 Å². The summed E-state index contributed by atoms with van der Waals surface area (Å²) in [4.78, 5) is 24.8. The average Bonchev–Trinajstić information content (AvgIpc) is 3.48. The summed E-state index contributed by atoms with van der Waals surface area (Å²) in [5, 5.41) is 16.1. The summed E-state index contributed by atoms with van der Waals surface area (Å²) in [7, 11) is 0. The van der Waals surface area contributed by atoms with Crippen molar-refractivity contribution in [1.29, 1.82) is 5.26 Å². The Morgan fingerprint density at radius 2 is 1.74 bits per heavy atom. The van der Waals surface area contributed by atoms with Gasteiger partial charge in [0.05, 0.1) is 17.4 Å². The van der Waals surface area contributed by atoms with Crippen LogP contribution in [0.1, 0.15) is 15.9 Å². The molecule has 8 nitrogen and oxygen atoms in total. The Labute approximate surface area is 177 Å². The highest BCUT2D eigenvalue weighted by Crippen LogP contribution is 2.19. The molecule has 0 aliphatic carbocycles. The zero-order valence-corrected chi connectivity index (χ0v) is 16.3. The highest BCUT2D eigenvalue weighted by Gasteiger charge is 2.17. The number of rotatable bonds is 6. The summed E-state index contributed by atoms with van der Waals surface area (Å²) in [6, 6.07) is 21.7. The summed E-state index contributed by atoms with van der Waals surface area (Å²) >= 11 is 0. The molecule has 0 aliphatic heterocycles. The number of esters is 1. The first-order chi connectivity index (χ1) is 15.2. The number of carbonyl (C=O) groups is 2. The molecule has 2 aromatic heterocycles. The third-order valence-corrected chi connectivity index (χ3v) is 4.47. The highest BCUT2D eigenvalue weighted by atomic mass is 16.5. The van der Waals surface area contributed by atoms with Crippen molar-refractivity contribution < 1.29 is 14.3 Å². The molecule has 0 bridgehead atoms. The van der Waals surface area contributed by atoms with E-state index in [2.05, 4.69) is 10.4 Å². The lowest BCUT2D eigenvalue weighted by Gasteiger charge is -2.10. The van der Waals surface area contributed by atoms with Crippen LogP contribution in [0.3, 0.4) is 0 Å². The van der Waals surface area contributed by atoms with E-state index in [-0.39, 0.29) is 11.4 Å². The fourth-order valence-corrected chi connectivity index (χ4v) is 3.00. The van der Waals surface area contributed by atoms with Crippen molar-refractivity contribution in [1.82, 2.24) is 14.3 Å². The van der Waals surface area contributed by atoms with E-state index >= 15 is 0 Å². The van der Waals surface area contributed by atoms with Crippen LogP contribution in [-0.2, 0) is 9.53 Å².